The van der Waals surface area contributed by atoms with Crippen LogP contribution in [-0.2, 0) is 16.6 Å². The van der Waals surface area contributed by atoms with Crippen LogP contribution in [0.15, 0.2) is 46.2 Å². The molecule has 0 N–H and O–H groups in total. The van der Waals surface area contributed by atoms with Gasteiger partial charge in [-0.05, 0) is 31.4 Å². The highest BCUT2D eigenvalue weighted by Crippen LogP contribution is 2.29. The summed E-state index contributed by atoms with van der Waals surface area (Å²) in [5.74, 6) is 1.12. The van der Waals surface area contributed by atoms with Gasteiger partial charge in [0.15, 0.2) is 0 Å². The molecule has 3 aromatic rings. The number of hydrogen-bond acceptors (Lipinski definition) is 4. The van der Waals surface area contributed by atoms with Gasteiger partial charge in [0.25, 0.3) is 0 Å². The van der Waals surface area contributed by atoms with Crippen molar-refractivity contribution in [2.45, 2.75) is 24.9 Å². The van der Waals surface area contributed by atoms with Gasteiger partial charge in [-0.1, -0.05) is 24.3 Å². The van der Waals surface area contributed by atoms with Gasteiger partial charge in [-0.2, -0.15) is 0 Å². The van der Waals surface area contributed by atoms with Gasteiger partial charge >= 0.3 is 0 Å². The summed E-state index contributed by atoms with van der Waals surface area (Å²) in [6.07, 6.45) is 0. The number of oxazole rings is 1. The molecule has 3 nitrogen and oxygen atoms in total. The Hall–Kier alpha value is -1.79. The number of benzene rings is 1. The molecule has 0 aliphatic heterocycles. The topological polar surface area (TPSA) is 43.1 Å². The fraction of sp³-hybridized carbons (Fsp3) is 0.235. The molecule has 2 unspecified atom stereocenters. The van der Waals surface area contributed by atoms with Gasteiger partial charge in [-0.3, -0.25) is 4.21 Å². The standard InChI is InChI=1S/C17H16FNO2S2/c1-11-15(19-17(21-11)16-8-5-9-22-16)10-23(20)12(2)13-6-3-4-7-14(13)18/h3-9,12H,10H2,1-2H3. The zero-order valence-electron chi connectivity index (χ0n) is 12.8. The molecular weight excluding hydrogens is 333 g/mol. The van der Waals surface area contributed by atoms with Crippen molar-refractivity contribution in [2.24, 2.45) is 0 Å². The molecule has 2 aromatic heterocycles. The second-order valence-corrected chi connectivity index (χ2v) is 7.89. The first-order valence-corrected chi connectivity index (χ1v) is 9.44. The van der Waals surface area contributed by atoms with E-state index in [0.29, 0.717) is 22.9 Å². The third kappa shape index (κ3) is 3.43. The first kappa shape index (κ1) is 16.1. The first-order chi connectivity index (χ1) is 11.1. The van der Waals surface area contributed by atoms with Crippen LogP contribution in [0.3, 0.4) is 0 Å². The maximum absolute atomic E-state index is 13.8. The van der Waals surface area contributed by atoms with E-state index in [2.05, 4.69) is 4.98 Å². The molecular formula is C17H16FNO2S2. The average Bonchev–Trinajstić information content (AvgIpc) is 3.17. The van der Waals surface area contributed by atoms with Crippen molar-refractivity contribution < 1.29 is 13.0 Å². The fourth-order valence-electron chi connectivity index (χ4n) is 2.27. The highest BCUT2D eigenvalue weighted by molar-refractivity contribution is 7.84. The van der Waals surface area contributed by atoms with Gasteiger partial charge in [0.05, 0.1) is 21.6 Å². The predicted octanol–water partition coefficient (Wildman–Crippen LogP) is 4.86. The van der Waals surface area contributed by atoms with Gasteiger partial charge < -0.3 is 4.42 Å². The molecule has 0 amide bonds. The predicted molar refractivity (Wildman–Crippen MR) is 91.2 cm³/mol. The van der Waals surface area contributed by atoms with Crippen LogP contribution in [0.1, 0.15) is 29.2 Å². The largest absolute Gasteiger partial charge is 0.440 e. The summed E-state index contributed by atoms with van der Waals surface area (Å²) in [6.45, 7) is 3.58. The van der Waals surface area contributed by atoms with Crippen LogP contribution in [0.2, 0.25) is 0 Å². The minimum absolute atomic E-state index is 0.246. The van der Waals surface area contributed by atoms with Gasteiger partial charge in [0, 0.05) is 16.4 Å². The van der Waals surface area contributed by atoms with Crippen LogP contribution in [0.4, 0.5) is 4.39 Å². The Labute approximate surface area is 140 Å². The lowest BCUT2D eigenvalue weighted by atomic mass is 10.1. The molecule has 2 atom stereocenters. The molecule has 1 aromatic carbocycles. The molecule has 0 radical (unpaired) electrons. The van der Waals surface area contributed by atoms with Crippen LogP contribution in [0.5, 0.6) is 0 Å². The monoisotopic (exact) mass is 349 g/mol. The zero-order valence-corrected chi connectivity index (χ0v) is 14.4. The molecule has 120 valence electrons. The van der Waals surface area contributed by atoms with E-state index in [1.807, 2.05) is 24.4 Å². The highest BCUT2D eigenvalue weighted by atomic mass is 32.2. The minimum Gasteiger partial charge on any atom is -0.440 e. The molecule has 0 saturated heterocycles. The quantitative estimate of drug-likeness (QED) is 0.660. The summed E-state index contributed by atoms with van der Waals surface area (Å²) >= 11 is 1.54. The maximum Gasteiger partial charge on any atom is 0.236 e. The number of halogens is 1. The lowest BCUT2D eigenvalue weighted by Gasteiger charge is -2.11. The minimum atomic E-state index is -1.28. The third-order valence-corrected chi connectivity index (χ3v) is 6.10. The van der Waals surface area contributed by atoms with Crippen molar-refractivity contribution >= 4 is 22.1 Å². The number of thiophene rings is 1. The van der Waals surface area contributed by atoms with Gasteiger partial charge in [0.1, 0.15) is 11.6 Å². The number of nitrogens with zero attached hydrogens (tertiary/aromatic N) is 1. The lowest BCUT2D eigenvalue weighted by Crippen LogP contribution is -2.08. The normalized spacial score (nSPS) is 13.9. The van der Waals surface area contributed by atoms with E-state index in [-0.39, 0.29) is 11.6 Å². The summed E-state index contributed by atoms with van der Waals surface area (Å²) in [7, 11) is -1.28. The second kappa shape index (κ2) is 6.76. The van der Waals surface area contributed by atoms with E-state index in [1.165, 1.54) is 6.07 Å². The van der Waals surface area contributed by atoms with Gasteiger partial charge in [0.2, 0.25) is 5.89 Å². The van der Waals surface area contributed by atoms with Crippen molar-refractivity contribution in [2.75, 3.05) is 0 Å². The average molecular weight is 349 g/mol. The number of rotatable bonds is 5. The Bertz CT molecular complexity index is 827. The number of aryl methyl sites for hydroxylation is 1. The highest BCUT2D eigenvalue weighted by Gasteiger charge is 2.21. The Kier molecular flexibility index (Phi) is 4.73. The summed E-state index contributed by atoms with van der Waals surface area (Å²) < 4.78 is 32.1. The molecule has 0 fully saturated rings. The van der Waals surface area contributed by atoms with E-state index >= 15 is 0 Å². The zero-order chi connectivity index (χ0) is 16.4. The molecule has 3 rings (SSSR count). The van der Waals surface area contributed by atoms with Crippen LogP contribution in [0.25, 0.3) is 10.8 Å². The van der Waals surface area contributed by atoms with Crippen molar-refractivity contribution in [3.63, 3.8) is 0 Å². The molecule has 0 aliphatic rings. The van der Waals surface area contributed by atoms with E-state index in [4.69, 9.17) is 4.42 Å². The van der Waals surface area contributed by atoms with E-state index in [1.54, 1.807) is 36.5 Å². The van der Waals surface area contributed by atoms with Crippen molar-refractivity contribution in [1.29, 1.82) is 0 Å². The first-order valence-electron chi connectivity index (χ1n) is 7.18. The summed E-state index contributed by atoms with van der Waals surface area (Å²) in [5.41, 5.74) is 1.13. The van der Waals surface area contributed by atoms with E-state index in [0.717, 1.165) is 4.88 Å². The smallest absolute Gasteiger partial charge is 0.236 e. The van der Waals surface area contributed by atoms with E-state index in [9.17, 15) is 8.60 Å². The molecule has 0 saturated carbocycles. The summed E-state index contributed by atoms with van der Waals surface area (Å²) in [6, 6.07) is 10.3. The maximum atomic E-state index is 13.8. The summed E-state index contributed by atoms with van der Waals surface area (Å²) in [4.78, 5) is 5.38. The van der Waals surface area contributed by atoms with Gasteiger partial charge in [-0.15, -0.1) is 11.3 Å². The molecule has 6 heteroatoms. The Morgan fingerprint density at radius 2 is 2.09 bits per heavy atom. The Morgan fingerprint density at radius 3 is 2.78 bits per heavy atom. The lowest BCUT2D eigenvalue weighted by molar-refractivity contribution is 0.541. The van der Waals surface area contributed by atoms with Crippen LogP contribution >= 0.6 is 11.3 Å². The van der Waals surface area contributed by atoms with Crippen molar-refractivity contribution in [3.05, 3.63) is 64.6 Å². The van der Waals surface area contributed by atoms with Gasteiger partial charge in [-0.25, -0.2) is 9.37 Å². The van der Waals surface area contributed by atoms with Crippen molar-refractivity contribution in [1.82, 2.24) is 4.98 Å². The number of aromatic nitrogens is 1. The second-order valence-electron chi connectivity index (χ2n) is 5.19. The summed E-state index contributed by atoms with van der Waals surface area (Å²) in [5, 5.41) is 1.55. The molecule has 2 heterocycles. The van der Waals surface area contributed by atoms with Crippen LogP contribution < -0.4 is 0 Å². The van der Waals surface area contributed by atoms with Crippen LogP contribution in [0, 0.1) is 12.7 Å². The molecule has 0 aliphatic carbocycles. The Morgan fingerprint density at radius 1 is 1.30 bits per heavy atom. The third-order valence-electron chi connectivity index (χ3n) is 3.64. The number of hydrogen-bond donors (Lipinski definition) is 0. The molecule has 0 spiro atoms. The Balaban J connectivity index is 1.79. The van der Waals surface area contributed by atoms with Crippen LogP contribution in [-0.4, -0.2) is 9.19 Å². The van der Waals surface area contributed by atoms with E-state index < -0.39 is 16.0 Å². The van der Waals surface area contributed by atoms with Crippen molar-refractivity contribution in [3.8, 4) is 10.8 Å². The molecule has 0 bridgehead atoms. The molecule has 23 heavy (non-hydrogen) atoms. The fourth-order valence-corrected chi connectivity index (χ4v) is 4.18. The SMILES string of the molecule is Cc1oc(-c2cccs2)nc1CS(=O)C(C)c1ccccc1F.